The topological polar surface area (TPSA) is 62.4 Å². The molecule has 0 aliphatic carbocycles. The predicted octanol–water partition coefficient (Wildman–Crippen LogP) is 2.01. The van der Waals surface area contributed by atoms with Crippen LogP contribution in [-0.2, 0) is 20.7 Å². The third-order valence-electron chi connectivity index (χ3n) is 3.64. The van der Waals surface area contributed by atoms with Gasteiger partial charge in [-0.2, -0.15) is 0 Å². The molecule has 1 amide bonds. The second kappa shape index (κ2) is 4.67. The van der Waals surface area contributed by atoms with E-state index < -0.39 is 6.04 Å². The summed E-state index contributed by atoms with van der Waals surface area (Å²) in [5.41, 5.74) is 1.99. The quantitative estimate of drug-likeness (QED) is 0.851. The number of aromatic nitrogens is 1. The summed E-state index contributed by atoms with van der Waals surface area (Å²) in [6.45, 7) is 3.54. The molecule has 104 valence electrons. The Morgan fingerprint density at radius 1 is 1.40 bits per heavy atom. The van der Waals surface area contributed by atoms with E-state index in [0.29, 0.717) is 13.0 Å². The average Bonchev–Trinajstić information content (AvgIpc) is 2.94. The van der Waals surface area contributed by atoms with Gasteiger partial charge in [0.15, 0.2) is 0 Å². The van der Waals surface area contributed by atoms with Crippen LogP contribution in [0.3, 0.4) is 0 Å². The van der Waals surface area contributed by atoms with Crippen LogP contribution in [0.25, 0.3) is 10.9 Å². The van der Waals surface area contributed by atoms with Gasteiger partial charge in [-0.05, 0) is 13.0 Å². The minimum atomic E-state index is -0.557. The number of ether oxygens (including phenoxy) is 1. The normalized spacial score (nSPS) is 17.3. The van der Waals surface area contributed by atoms with Crippen molar-refractivity contribution in [1.82, 2.24) is 4.98 Å². The molecule has 2 heterocycles. The number of H-pyrrole nitrogens is 1. The van der Waals surface area contributed by atoms with E-state index in [0.717, 1.165) is 22.3 Å². The molecule has 2 aromatic rings. The molecule has 1 N–H and O–H groups in total. The molecule has 0 radical (unpaired) electrons. The third kappa shape index (κ3) is 1.78. The summed E-state index contributed by atoms with van der Waals surface area (Å²) in [6.07, 6.45) is 0.498. The number of benzene rings is 1. The van der Waals surface area contributed by atoms with E-state index in [1.807, 2.05) is 24.3 Å². The maximum absolute atomic E-state index is 12.0. The number of esters is 1. The van der Waals surface area contributed by atoms with E-state index in [4.69, 9.17) is 4.74 Å². The number of carbonyl (C=O) groups is 2. The van der Waals surface area contributed by atoms with Gasteiger partial charge in [-0.1, -0.05) is 18.2 Å². The van der Waals surface area contributed by atoms with Gasteiger partial charge in [-0.25, -0.2) is 4.79 Å². The van der Waals surface area contributed by atoms with E-state index in [2.05, 4.69) is 4.98 Å². The van der Waals surface area contributed by atoms with Crippen LogP contribution in [0.15, 0.2) is 24.3 Å². The summed E-state index contributed by atoms with van der Waals surface area (Å²) in [5.74, 6) is 0.210. The summed E-state index contributed by atoms with van der Waals surface area (Å²) in [4.78, 5) is 28.7. The molecule has 1 atom stereocenters. The van der Waals surface area contributed by atoms with Crippen LogP contribution in [-0.4, -0.2) is 29.5 Å². The summed E-state index contributed by atoms with van der Waals surface area (Å²) < 4.78 is 5.07. The molecule has 1 aromatic heterocycles. The first-order valence-electron chi connectivity index (χ1n) is 6.69. The van der Waals surface area contributed by atoms with Gasteiger partial charge >= 0.3 is 5.97 Å². The lowest BCUT2D eigenvalue weighted by Crippen LogP contribution is -2.43. The van der Waals surface area contributed by atoms with Crippen LogP contribution in [0.1, 0.15) is 19.4 Å². The lowest BCUT2D eigenvalue weighted by atomic mass is 10.1. The molecule has 1 unspecified atom stereocenters. The summed E-state index contributed by atoms with van der Waals surface area (Å²) in [7, 11) is 0. The number of para-hydroxylation sites is 1. The molecule has 0 saturated heterocycles. The van der Waals surface area contributed by atoms with Crippen molar-refractivity contribution in [3.8, 4) is 0 Å². The van der Waals surface area contributed by atoms with E-state index in [9.17, 15) is 9.59 Å². The number of hydrogen-bond donors (Lipinski definition) is 1. The molecule has 20 heavy (non-hydrogen) atoms. The fourth-order valence-corrected chi connectivity index (χ4v) is 2.84. The third-order valence-corrected chi connectivity index (χ3v) is 3.64. The van der Waals surface area contributed by atoms with Crippen LogP contribution in [0.4, 0.5) is 5.82 Å². The Morgan fingerprint density at radius 2 is 2.15 bits per heavy atom. The summed E-state index contributed by atoms with van der Waals surface area (Å²) in [5, 5.41) is 1.06. The van der Waals surface area contributed by atoms with Crippen molar-refractivity contribution >= 4 is 28.6 Å². The fourth-order valence-electron chi connectivity index (χ4n) is 2.84. The zero-order valence-electron chi connectivity index (χ0n) is 11.5. The van der Waals surface area contributed by atoms with E-state index in [-0.39, 0.29) is 11.9 Å². The van der Waals surface area contributed by atoms with Crippen molar-refractivity contribution in [2.75, 3.05) is 11.5 Å². The van der Waals surface area contributed by atoms with Gasteiger partial charge in [-0.15, -0.1) is 0 Å². The number of anilines is 1. The highest BCUT2D eigenvalue weighted by Crippen LogP contribution is 2.37. The highest BCUT2D eigenvalue weighted by Gasteiger charge is 2.40. The van der Waals surface area contributed by atoms with Crippen LogP contribution in [0.2, 0.25) is 0 Å². The summed E-state index contributed by atoms with van der Waals surface area (Å²) in [6, 6.07) is 7.29. The largest absolute Gasteiger partial charge is 0.464 e. The Bertz CT molecular complexity index is 689. The van der Waals surface area contributed by atoms with Crippen molar-refractivity contribution in [1.29, 1.82) is 0 Å². The maximum Gasteiger partial charge on any atom is 0.329 e. The fraction of sp³-hybridized carbons (Fsp3) is 0.333. The van der Waals surface area contributed by atoms with Crippen molar-refractivity contribution in [3.05, 3.63) is 29.8 Å². The first-order chi connectivity index (χ1) is 9.63. The molecule has 1 aromatic carbocycles. The Kier molecular flexibility index (Phi) is 2.97. The first kappa shape index (κ1) is 12.7. The van der Waals surface area contributed by atoms with E-state index >= 15 is 0 Å². The zero-order valence-corrected chi connectivity index (χ0v) is 11.5. The van der Waals surface area contributed by atoms with Crippen LogP contribution >= 0.6 is 0 Å². The molecule has 5 nitrogen and oxygen atoms in total. The Morgan fingerprint density at radius 3 is 2.85 bits per heavy atom. The van der Waals surface area contributed by atoms with Gasteiger partial charge in [0, 0.05) is 29.8 Å². The number of nitrogens with zero attached hydrogens (tertiary/aromatic N) is 1. The zero-order chi connectivity index (χ0) is 14.3. The van der Waals surface area contributed by atoms with Crippen molar-refractivity contribution in [2.45, 2.75) is 26.3 Å². The molecule has 0 fully saturated rings. The SMILES string of the molecule is CCOC(=O)C1Cc2c([nH]c3ccccc23)N1C(C)=O. The van der Waals surface area contributed by atoms with E-state index in [1.165, 1.54) is 11.8 Å². The van der Waals surface area contributed by atoms with Crippen molar-refractivity contribution in [3.63, 3.8) is 0 Å². The molecular formula is C15H16N2O3. The smallest absolute Gasteiger partial charge is 0.329 e. The molecule has 1 aliphatic rings. The maximum atomic E-state index is 12.0. The molecule has 0 bridgehead atoms. The number of amides is 1. The molecule has 1 aliphatic heterocycles. The molecular weight excluding hydrogens is 256 g/mol. The molecule has 5 heteroatoms. The summed E-state index contributed by atoms with van der Waals surface area (Å²) >= 11 is 0. The van der Waals surface area contributed by atoms with Crippen LogP contribution in [0.5, 0.6) is 0 Å². The highest BCUT2D eigenvalue weighted by atomic mass is 16.5. The van der Waals surface area contributed by atoms with Crippen LogP contribution < -0.4 is 4.90 Å². The van der Waals surface area contributed by atoms with Gasteiger partial charge in [0.2, 0.25) is 5.91 Å². The van der Waals surface area contributed by atoms with Gasteiger partial charge in [0.1, 0.15) is 11.9 Å². The minimum Gasteiger partial charge on any atom is -0.464 e. The first-order valence-corrected chi connectivity index (χ1v) is 6.69. The lowest BCUT2D eigenvalue weighted by molar-refractivity contribution is -0.145. The number of nitrogens with one attached hydrogen (secondary N) is 1. The standard InChI is InChI=1S/C15H16N2O3/c1-3-20-15(19)13-8-11-10-6-4-5-7-12(10)16-14(11)17(13)9(2)18/h4-7,13,16H,3,8H2,1-2H3. The van der Waals surface area contributed by atoms with Gasteiger partial charge in [-0.3, -0.25) is 9.69 Å². The van der Waals surface area contributed by atoms with Gasteiger partial charge in [0.25, 0.3) is 0 Å². The highest BCUT2D eigenvalue weighted by molar-refractivity contribution is 6.04. The number of fused-ring (bicyclic) bond motifs is 3. The van der Waals surface area contributed by atoms with Crippen LogP contribution in [0, 0.1) is 0 Å². The second-order valence-electron chi connectivity index (χ2n) is 4.86. The number of carbonyl (C=O) groups excluding carboxylic acids is 2. The van der Waals surface area contributed by atoms with Crippen molar-refractivity contribution in [2.24, 2.45) is 0 Å². The lowest BCUT2D eigenvalue weighted by Gasteiger charge is -2.21. The number of hydrogen-bond acceptors (Lipinski definition) is 3. The Balaban J connectivity index is 2.08. The number of aromatic amines is 1. The number of rotatable bonds is 2. The second-order valence-corrected chi connectivity index (χ2v) is 4.86. The minimum absolute atomic E-state index is 0.159. The monoisotopic (exact) mass is 272 g/mol. The Hall–Kier alpha value is -2.30. The average molecular weight is 272 g/mol. The van der Waals surface area contributed by atoms with E-state index in [1.54, 1.807) is 6.92 Å². The van der Waals surface area contributed by atoms with Gasteiger partial charge < -0.3 is 9.72 Å². The van der Waals surface area contributed by atoms with Gasteiger partial charge in [0.05, 0.1) is 6.61 Å². The molecule has 0 saturated carbocycles. The predicted molar refractivity (Wildman–Crippen MR) is 75.6 cm³/mol. The molecule has 3 rings (SSSR count). The molecule has 0 spiro atoms. The Labute approximate surface area is 116 Å². The van der Waals surface area contributed by atoms with Crippen molar-refractivity contribution < 1.29 is 14.3 Å².